The summed E-state index contributed by atoms with van der Waals surface area (Å²) in [5.41, 5.74) is -0.429. The molecule has 1 N–H and O–H groups in total. The Kier molecular flexibility index (Phi) is 6.08. The van der Waals surface area contributed by atoms with Crippen molar-refractivity contribution in [1.82, 2.24) is 9.78 Å². The van der Waals surface area contributed by atoms with Gasteiger partial charge in [-0.2, -0.15) is 0 Å². The van der Waals surface area contributed by atoms with Crippen LogP contribution >= 0.6 is 11.6 Å². The fourth-order valence-corrected chi connectivity index (χ4v) is 3.71. The number of nitrogens with one attached hydrogen (secondary N) is 1. The second-order valence-electron chi connectivity index (χ2n) is 5.44. The lowest BCUT2D eigenvalue weighted by Gasteiger charge is -2.13. The van der Waals surface area contributed by atoms with E-state index in [1.54, 1.807) is 6.92 Å². The predicted molar refractivity (Wildman–Crippen MR) is 97.2 cm³/mol. The van der Waals surface area contributed by atoms with Crippen molar-refractivity contribution in [3.05, 3.63) is 50.4 Å². The molecule has 26 heavy (non-hydrogen) atoms. The molecule has 138 valence electrons. The molecule has 0 aliphatic rings. The van der Waals surface area contributed by atoms with Crippen LogP contribution in [0.3, 0.4) is 0 Å². The number of benzene rings is 1. The van der Waals surface area contributed by atoms with E-state index in [1.807, 2.05) is 0 Å². The molecule has 9 heteroatoms. The van der Waals surface area contributed by atoms with Crippen LogP contribution < -0.4 is 5.56 Å². The average molecular weight is 397 g/mol. The van der Waals surface area contributed by atoms with Gasteiger partial charge in [-0.1, -0.05) is 17.5 Å². The number of nitrogens with zero attached hydrogens (tertiary/aromatic N) is 1. The largest absolute Gasteiger partial charge is 0.364 e. The standard InChI is InChI=1S/C17H17ClN2O5S/c1-4-8-25-10-13-14(26(3,23)24)7-6-11(15(13)18)16(21)12-9-19-20(5-2)17(12)22/h1,6-7,9,19H,5,8,10H2,2-3H3. The number of aromatic nitrogens is 2. The lowest BCUT2D eigenvalue weighted by Crippen LogP contribution is -2.21. The van der Waals surface area contributed by atoms with Crippen molar-refractivity contribution in [3.63, 3.8) is 0 Å². The quantitative estimate of drug-likeness (QED) is 0.435. The van der Waals surface area contributed by atoms with E-state index >= 15 is 0 Å². The predicted octanol–water partition coefficient (Wildman–Crippen LogP) is 1.63. The van der Waals surface area contributed by atoms with Crippen molar-refractivity contribution < 1.29 is 17.9 Å². The van der Waals surface area contributed by atoms with E-state index in [2.05, 4.69) is 11.0 Å². The average Bonchev–Trinajstić information content (AvgIpc) is 2.95. The molecule has 0 amide bonds. The van der Waals surface area contributed by atoms with E-state index in [0.29, 0.717) is 6.54 Å². The van der Waals surface area contributed by atoms with Gasteiger partial charge in [-0.05, 0) is 19.1 Å². The van der Waals surface area contributed by atoms with Gasteiger partial charge in [0, 0.05) is 30.1 Å². The maximum atomic E-state index is 12.7. The van der Waals surface area contributed by atoms with Gasteiger partial charge >= 0.3 is 0 Å². The number of hydrogen-bond donors (Lipinski definition) is 1. The molecule has 2 aromatic rings. The number of sulfone groups is 1. The van der Waals surface area contributed by atoms with Crippen LogP contribution in [0.2, 0.25) is 5.02 Å². The minimum absolute atomic E-state index is 0.0118. The maximum absolute atomic E-state index is 12.7. The van der Waals surface area contributed by atoms with Crippen molar-refractivity contribution >= 4 is 27.2 Å². The van der Waals surface area contributed by atoms with Gasteiger partial charge < -0.3 is 9.84 Å². The van der Waals surface area contributed by atoms with Gasteiger partial charge in [-0.15, -0.1) is 6.42 Å². The molecule has 0 fully saturated rings. The number of aromatic amines is 1. The molecule has 0 atom stereocenters. The molecule has 1 aromatic heterocycles. The molecule has 0 saturated carbocycles. The molecule has 0 radical (unpaired) electrons. The molecule has 0 aliphatic carbocycles. The first-order valence-electron chi connectivity index (χ1n) is 7.57. The van der Waals surface area contributed by atoms with Gasteiger partial charge in [0.25, 0.3) is 5.56 Å². The number of halogens is 1. The lowest BCUT2D eigenvalue weighted by molar-refractivity contribution is 0.103. The molecule has 1 aromatic carbocycles. The molecular formula is C17H17ClN2O5S. The van der Waals surface area contributed by atoms with Gasteiger partial charge in [0.05, 0.1) is 16.5 Å². The SMILES string of the molecule is C#CCOCc1c(S(C)(=O)=O)ccc(C(=O)c2c[nH]n(CC)c2=O)c1Cl. The molecule has 0 aliphatic heterocycles. The van der Waals surface area contributed by atoms with Gasteiger partial charge in [-0.25, -0.2) is 8.42 Å². The van der Waals surface area contributed by atoms with E-state index in [9.17, 15) is 18.0 Å². The van der Waals surface area contributed by atoms with Crippen LogP contribution in [0.25, 0.3) is 0 Å². The number of aryl methyl sites for hydroxylation is 1. The van der Waals surface area contributed by atoms with E-state index < -0.39 is 21.2 Å². The van der Waals surface area contributed by atoms with E-state index in [0.717, 1.165) is 6.26 Å². The smallest absolute Gasteiger partial charge is 0.277 e. The van der Waals surface area contributed by atoms with Crippen LogP contribution in [0, 0.1) is 12.3 Å². The van der Waals surface area contributed by atoms with Crippen molar-refractivity contribution in [1.29, 1.82) is 0 Å². The Bertz CT molecular complexity index is 1040. The van der Waals surface area contributed by atoms with Crippen LogP contribution in [0.1, 0.15) is 28.4 Å². The molecule has 0 spiro atoms. The molecule has 0 saturated heterocycles. The third kappa shape index (κ3) is 3.90. The summed E-state index contributed by atoms with van der Waals surface area (Å²) in [4.78, 5) is 24.8. The van der Waals surface area contributed by atoms with Gasteiger partial charge in [0.1, 0.15) is 12.2 Å². The highest BCUT2D eigenvalue weighted by molar-refractivity contribution is 7.90. The molecule has 7 nitrogen and oxygen atoms in total. The topological polar surface area (TPSA) is 98.2 Å². The van der Waals surface area contributed by atoms with Crippen molar-refractivity contribution in [2.24, 2.45) is 0 Å². The first-order chi connectivity index (χ1) is 12.2. The summed E-state index contributed by atoms with van der Waals surface area (Å²) in [5, 5.41) is 2.60. The van der Waals surface area contributed by atoms with Crippen molar-refractivity contribution in [2.75, 3.05) is 12.9 Å². The minimum Gasteiger partial charge on any atom is -0.364 e. The highest BCUT2D eigenvalue weighted by Gasteiger charge is 2.24. The van der Waals surface area contributed by atoms with Crippen LogP contribution in [0.15, 0.2) is 28.0 Å². The zero-order valence-corrected chi connectivity index (χ0v) is 15.8. The van der Waals surface area contributed by atoms with Gasteiger partial charge in [-0.3, -0.25) is 14.3 Å². The number of rotatable bonds is 7. The number of ketones is 1. The summed E-state index contributed by atoms with van der Waals surface area (Å²) in [6, 6.07) is 2.56. The summed E-state index contributed by atoms with van der Waals surface area (Å²) < 4.78 is 30.4. The zero-order valence-electron chi connectivity index (χ0n) is 14.2. The summed E-state index contributed by atoms with van der Waals surface area (Å²) in [7, 11) is -3.61. The first-order valence-corrected chi connectivity index (χ1v) is 9.84. The molecule has 1 heterocycles. The van der Waals surface area contributed by atoms with Crippen LogP contribution in [-0.4, -0.2) is 36.8 Å². The summed E-state index contributed by atoms with van der Waals surface area (Å²) in [5.74, 6) is 1.66. The summed E-state index contributed by atoms with van der Waals surface area (Å²) >= 11 is 6.30. The number of terminal acetylenes is 1. The first kappa shape index (κ1) is 20.0. The number of hydrogen-bond acceptors (Lipinski definition) is 5. The summed E-state index contributed by atoms with van der Waals surface area (Å²) in [6.07, 6.45) is 7.44. The van der Waals surface area contributed by atoms with Gasteiger partial charge in [0.15, 0.2) is 9.84 Å². The number of H-pyrrole nitrogens is 1. The zero-order chi connectivity index (χ0) is 19.5. The Labute approximate surface area is 155 Å². The van der Waals surface area contributed by atoms with Crippen molar-refractivity contribution in [3.8, 4) is 12.3 Å². The molecule has 2 rings (SSSR count). The number of ether oxygens (including phenoxy) is 1. The second-order valence-corrected chi connectivity index (χ2v) is 7.80. The highest BCUT2D eigenvalue weighted by Crippen LogP contribution is 2.30. The third-order valence-electron chi connectivity index (χ3n) is 3.68. The highest BCUT2D eigenvalue weighted by atomic mass is 35.5. The summed E-state index contributed by atoms with van der Waals surface area (Å²) in [6.45, 7) is 1.90. The fraction of sp³-hybridized carbons (Fsp3) is 0.294. The van der Waals surface area contributed by atoms with Crippen LogP contribution in [0.4, 0.5) is 0 Å². The third-order valence-corrected chi connectivity index (χ3v) is 5.29. The van der Waals surface area contributed by atoms with E-state index in [4.69, 9.17) is 22.8 Å². The van der Waals surface area contributed by atoms with E-state index in [1.165, 1.54) is 23.0 Å². The normalized spacial score (nSPS) is 11.3. The molecule has 0 unspecified atom stereocenters. The monoisotopic (exact) mass is 396 g/mol. The van der Waals surface area contributed by atoms with Gasteiger partial charge in [0.2, 0.25) is 5.78 Å². The number of carbonyl (C=O) groups excluding carboxylic acids is 1. The Balaban J connectivity index is 2.58. The van der Waals surface area contributed by atoms with E-state index in [-0.39, 0.29) is 39.8 Å². The molecule has 0 bridgehead atoms. The Morgan fingerprint density at radius 1 is 1.38 bits per heavy atom. The Morgan fingerprint density at radius 2 is 2.08 bits per heavy atom. The second kappa shape index (κ2) is 7.91. The lowest BCUT2D eigenvalue weighted by atomic mass is 10.0. The Hall–Kier alpha value is -2.34. The van der Waals surface area contributed by atoms with Crippen LogP contribution in [-0.2, 0) is 27.7 Å². The minimum atomic E-state index is -3.61. The van der Waals surface area contributed by atoms with Crippen LogP contribution in [0.5, 0.6) is 0 Å². The fourth-order valence-electron chi connectivity index (χ4n) is 2.42. The van der Waals surface area contributed by atoms with Crippen molar-refractivity contribution in [2.45, 2.75) is 25.0 Å². The maximum Gasteiger partial charge on any atom is 0.277 e. The number of carbonyl (C=O) groups is 1. The Morgan fingerprint density at radius 3 is 2.62 bits per heavy atom. The molecular weight excluding hydrogens is 380 g/mol.